The van der Waals surface area contributed by atoms with Gasteiger partial charge in [0, 0.05) is 12.1 Å². The molecule has 4 N–H and O–H groups in total. The lowest BCUT2D eigenvalue weighted by atomic mass is 10.0. The predicted molar refractivity (Wildman–Crippen MR) is 116 cm³/mol. The van der Waals surface area contributed by atoms with Gasteiger partial charge in [-0.1, -0.05) is 12.1 Å². The first kappa shape index (κ1) is 23.5. The van der Waals surface area contributed by atoms with Gasteiger partial charge in [-0.25, -0.2) is 0 Å². The number of nitrogens with zero attached hydrogens (tertiary/aromatic N) is 1. The molecule has 0 aliphatic carbocycles. The molecular weight excluding hydrogens is 447 g/mol. The van der Waals surface area contributed by atoms with Crippen LogP contribution in [0.15, 0.2) is 54.6 Å². The summed E-state index contributed by atoms with van der Waals surface area (Å²) >= 11 is 0. The van der Waals surface area contributed by atoms with Crippen LogP contribution in [0.5, 0.6) is 11.5 Å². The molecular formula is C22H21ClF3N3O3. The Balaban J connectivity index is 0.00000289. The van der Waals surface area contributed by atoms with Crippen molar-refractivity contribution >= 4 is 18.3 Å². The fourth-order valence-corrected chi connectivity index (χ4v) is 3.89. The second-order valence-electron chi connectivity index (χ2n) is 7.23. The smallest absolute Gasteiger partial charge is 0.508 e. The third-order valence-electron chi connectivity index (χ3n) is 5.15. The molecule has 1 aliphatic heterocycles. The van der Waals surface area contributed by atoms with Crippen LogP contribution >= 0.6 is 12.4 Å². The topological polar surface area (TPSA) is 89.5 Å². The van der Waals surface area contributed by atoms with E-state index in [1.807, 2.05) is 4.57 Å². The minimum Gasteiger partial charge on any atom is -0.508 e. The monoisotopic (exact) mass is 467 g/mol. The average molecular weight is 468 g/mol. The summed E-state index contributed by atoms with van der Waals surface area (Å²) < 4.78 is 44.1. The molecule has 0 bridgehead atoms. The van der Waals surface area contributed by atoms with Gasteiger partial charge in [0.25, 0.3) is 5.91 Å². The molecule has 1 atom stereocenters. The molecule has 0 saturated heterocycles. The van der Waals surface area contributed by atoms with Crippen molar-refractivity contribution in [3.8, 4) is 33.9 Å². The summed E-state index contributed by atoms with van der Waals surface area (Å²) in [5, 5.41) is 12.5. The predicted octanol–water partition coefficient (Wildman–Crippen LogP) is 4.48. The number of nitrogens with one attached hydrogen (secondary N) is 1. The number of alkyl halides is 3. The van der Waals surface area contributed by atoms with Crippen molar-refractivity contribution in [1.82, 2.24) is 9.88 Å². The van der Waals surface area contributed by atoms with E-state index in [0.717, 1.165) is 0 Å². The summed E-state index contributed by atoms with van der Waals surface area (Å²) in [6, 6.07) is 13.6. The van der Waals surface area contributed by atoms with E-state index >= 15 is 0 Å². The third-order valence-corrected chi connectivity index (χ3v) is 5.15. The van der Waals surface area contributed by atoms with E-state index in [-0.39, 0.29) is 35.9 Å². The van der Waals surface area contributed by atoms with E-state index in [1.54, 1.807) is 24.3 Å². The molecule has 1 aliphatic rings. The van der Waals surface area contributed by atoms with Crippen LogP contribution in [0.1, 0.15) is 23.0 Å². The first-order valence-corrected chi connectivity index (χ1v) is 9.66. The summed E-state index contributed by atoms with van der Waals surface area (Å²) in [4.78, 5) is 12.6. The number of phenolic OH excluding ortho intramolecular Hbond substituents is 1. The molecule has 1 aromatic heterocycles. The third kappa shape index (κ3) is 4.68. The molecule has 2 aromatic carbocycles. The molecule has 2 heterocycles. The summed E-state index contributed by atoms with van der Waals surface area (Å²) in [5.74, 6) is -0.552. The van der Waals surface area contributed by atoms with Crippen LogP contribution in [0.3, 0.4) is 0 Å². The summed E-state index contributed by atoms with van der Waals surface area (Å²) in [6.45, 7) is 0.789. The van der Waals surface area contributed by atoms with Crippen molar-refractivity contribution in [3.05, 3.63) is 60.3 Å². The highest BCUT2D eigenvalue weighted by Crippen LogP contribution is 2.40. The Labute approximate surface area is 188 Å². The first-order chi connectivity index (χ1) is 14.8. The average Bonchev–Trinajstić information content (AvgIpc) is 3.11. The van der Waals surface area contributed by atoms with Crippen LogP contribution in [0, 0.1) is 0 Å². The molecule has 1 amide bonds. The molecule has 0 radical (unpaired) electrons. The fourth-order valence-electron chi connectivity index (χ4n) is 3.89. The van der Waals surface area contributed by atoms with E-state index < -0.39 is 6.36 Å². The summed E-state index contributed by atoms with van der Waals surface area (Å²) in [7, 11) is 0. The van der Waals surface area contributed by atoms with Gasteiger partial charge in [0.2, 0.25) is 0 Å². The van der Waals surface area contributed by atoms with E-state index in [4.69, 9.17) is 5.73 Å². The Bertz CT molecular complexity index is 1110. The maximum Gasteiger partial charge on any atom is 0.573 e. The fraction of sp³-hybridized carbons (Fsp3) is 0.227. The quantitative estimate of drug-likeness (QED) is 0.516. The van der Waals surface area contributed by atoms with Crippen LogP contribution in [0.2, 0.25) is 0 Å². The van der Waals surface area contributed by atoms with Gasteiger partial charge in [-0.3, -0.25) is 4.79 Å². The van der Waals surface area contributed by atoms with Crippen LogP contribution in [0.25, 0.3) is 22.4 Å². The molecule has 0 spiro atoms. The van der Waals surface area contributed by atoms with Gasteiger partial charge in [0.1, 0.15) is 17.2 Å². The Hall–Kier alpha value is -3.17. The van der Waals surface area contributed by atoms with E-state index in [0.29, 0.717) is 47.6 Å². The number of nitrogens with two attached hydrogens (primary N) is 1. The Morgan fingerprint density at radius 2 is 1.84 bits per heavy atom. The SMILES string of the molecule is Cl.NCC[C@H]1CNC(=O)c2cc(-c3cccc(OC(F)(F)F)c3)c(-c3ccc(O)cc3)n21. The van der Waals surface area contributed by atoms with Crippen molar-refractivity contribution < 1.29 is 27.8 Å². The normalized spacial score (nSPS) is 15.5. The Kier molecular flexibility index (Phi) is 6.71. The van der Waals surface area contributed by atoms with E-state index in [1.165, 1.54) is 30.3 Å². The van der Waals surface area contributed by atoms with Gasteiger partial charge >= 0.3 is 6.36 Å². The number of aromatic hydroxyl groups is 1. The number of carbonyl (C=O) groups is 1. The highest BCUT2D eigenvalue weighted by molar-refractivity contribution is 5.98. The zero-order valence-corrected chi connectivity index (χ0v) is 17.5. The number of halogens is 4. The Morgan fingerprint density at radius 1 is 1.12 bits per heavy atom. The van der Waals surface area contributed by atoms with Gasteiger partial charge in [0.05, 0.1) is 11.7 Å². The highest BCUT2D eigenvalue weighted by Gasteiger charge is 2.32. The van der Waals surface area contributed by atoms with Gasteiger partial charge in [-0.05, 0) is 66.6 Å². The minimum atomic E-state index is -4.81. The maximum atomic E-state index is 12.7. The molecule has 0 fully saturated rings. The number of fused-ring (bicyclic) bond motifs is 1. The van der Waals surface area contributed by atoms with Crippen molar-refractivity contribution in [3.63, 3.8) is 0 Å². The lowest BCUT2D eigenvalue weighted by molar-refractivity contribution is -0.274. The number of hydrogen-bond acceptors (Lipinski definition) is 4. The number of carbonyl (C=O) groups excluding carboxylic acids is 1. The van der Waals surface area contributed by atoms with Crippen molar-refractivity contribution in [1.29, 1.82) is 0 Å². The molecule has 0 saturated carbocycles. The summed E-state index contributed by atoms with van der Waals surface area (Å²) in [5.41, 5.74) is 8.57. The lowest BCUT2D eigenvalue weighted by Crippen LogP contribution is -2.39. The molecule has 0 unspecified atom stereocenters. The molecule has 3 aromatic rings. The van der Waals surface area contributed by atoms with Crippen LogP contribution in [-0.2, 0) is 0 Å². The summed E-state index contributed by atoms with van der Waals surface area (Å²) in [6.07, 6.45) is -4.21. The number of benzene rings is 2. The van der Waals surface area contributed by atoms with Gasteiger partial charge in [-0.2, -0.15) is 0 Å². The van der Waals surface area contributed by atoms with Gasteiger partial charge in [0.15, 0.2) is 0 Å². The number of amides is 1. The van der Waals surface area contributed by atoms with Gasteiger partial charge < -0.3 is 25.5 Å². The standard InChI is InChI=1S/C22H20F3N3O3.ClH/c23-22(24,25)31-17-3-1-2-14(10-17)18-11-19-21(30)27-12-15(8-9-26)28(19)20(18)13-4-6-16(29)7-5-13;/h1-7,10-11,15,29H,8-9,12,26H2,(H,27,30);1H/t15-;/m0./s1. The minimum absolute atomic E-state index is 0. The van der Waals surface area contributed by atoms with Gasteiger partial charge in [-0.15, -0.1) is 25.6 Å². The molecule has 32 heavy (non-hydrogen) atoms. The first-order valence-electron chi connectivity index (χ1n) is 9.66. The Morgan fingerprint density at radius 3 is 2.50 bits per heavy atom. The molecule has 4 rings (SSSR count). The highest BCUT2D eigenvalue weighted by atomic mass is 35.5. The van der Waals surface area contributed by atoms with E-state index in [9.17, 15) is 23.1 Å². The number of hydrogen-bond donors (Lipinski definition) is 3. The number of ether oxygens (including phenoxy) is 1. The van der Waals surface area contributed by atoms with Crippen LogP contribution in [0.4, 0.5) is 13.2 Å². The van der Waals surface area contributed by atoms with Crippen molar-refractivity contribution in [2.75, 3.05) is 13.1 Å². The zero-order valence-electron chi connectivity index (χ0n) is 16.7. The molecule has 6 nitrogen and oxygen atoms in total. The zero-order chi connectivity index (χ0) is 22.2. The lowest BCUT2D eigenvalue weighted by Gasteiger charge is -2.28. The maximum absolute atomic E-state index is 12.7. The van der Waals surface area contributed by atoms with E-state index in [2.05, 4.69) is 10.1 Å². The molecule has 170 valence electrons. The van der Waals surface area contributed by atoms with Crippen LogP contribution in [-0.4, -0.2) is 35.0 Å². The van der Waals surface area contributed by atoms with Crippen molar-refractivity contribution in [2.24, 2.45) is 5.73 Å². The number of phenols is 1. The number of aromatic nitrogens is 1. The molecule has 10 heteroatoms. The second-order valence-corrected chi connectivity index (χ2v) is 7.23. The second kappa shape index (κ2) is 9.13. The van der Waals surface area contributed by atoms with Crippen molar-refractivity contribution in [2.45, 2.75) is 18.8 Å². The number of rotatable bonds is 5. The largest absolute Gasteiger partial charge is 0.573 e. The van der Waals surface area contributed by atoms with Crippen LogP contribution < -0.4 is 15.8 Å².